The van der Waals surface area contributed by atoms with E-state index in [0.29, 0.717) is 23.4 Å². The third-order valence-corrected chi connectivity index (χ3v) is 5.89. The van der Waals surface area contributed by atoms with Crippen molar-refractivity contribution in [1.82, 2.24) is 4.98 Å². The molecule has 7 heteroatoms. The first-order chi connectivity index (χ1) is 13.8. The van der Waals surface area contributed by atoms with Crippen molar-refractivity contribution < 1.29 is 13.2 Å². The summed E-state index contributed by atoms with van der Waals surface area (Å²) < 4.78 is 28.3. The number of carbonyl (C=O) groups excluding carboxylic acids is 1. The molecule has 150 valence electrons. The maximum absolute atomic E-state index is 12.9. The maximum Gasteiger partial charge on any atom is 0.262 e. The highest BCUT2D eigenvalue weighted by atomic mass is 32.2. The van der Waals surface area contributed by atoms with Gasteiger partial charge < -0.3 is 5.32 Å². The Balaban J connectivity index is 1.72. The van der Waals surface area contributed by atoms with Gasteiger partial charge in [0.15, 0.2) is 0 Å². The summed E-state index contributed by atoms with van der Waals surface area (Å²) in [5.74, 6) is -0.200. The molecule has 3 aromatic rings. The topological polar surface area (TPSA) is 88.2 Å². The van der Waals surface area contributed by atoms with Crippen molar-refractivity contribution in [3.05, 3.63) is 83.7 Å². The van der Waals surface area contributed by atoms with Gasteiger partial charge in [0.05, 0.1) is 4.90 Å². The van der Waals surface area contributed by atoms with Crippen LogP contribution in [0, 0.1) is 13.8 Å². The molecule has 0 aliphatic heterocycles. The molecular formula is C22H23N3O3S. The SMILES string of the molecule is Cc1cccc(NS(=O)(=O)c2cc(NC(=O)CCc3ccccn3)ccc2C)c1. The van der Waals surface area contributed by atoms with E-state index < -0.39 is 10.0 Å². The van der Waals surface area contributed by atoms with E-state index in [2.05, 4.69) is 15.0 Å². The zero-order valence-electron chi connectivity index (χ0n) is 16.3. The number of nitrogens with zero attached hydrogens (tertiary/aromatic N) is 1. The van der Waals surface area contributed by atoms with Gasteiger partial charge in [0, 0.05) is 29.7 Å². The van der Waals surface area contributed by atoms with Crippen molar-refractivity contribution in [1.29, 1.82) is 0 Å². The van der Waals surface area contributed by atoms with Crippen molar-refractivity contribution in [2.75, 3.05) is 10.0 Å². The standard InChI is InChI=1S/C22H23N3O3S/c1-16-6-5-8-20(14-16)25-29(27,28)21-15-19(10-9-17(21)2)24-22(26)12-11-18-7-3-4-13-23-18/h3-10,13-15,25H,11-12H2,1-2H3,(H,24,26). The lowest BCUT2D eigenvalue weighted by Crippen LogP contribution is -2.16. The first-order valence-corrected chi connectivity index (χ1v) is 10.7. The van der Waals surface area contributed by atoms with Crippen molar-refractivity contribution in [3.8, 4) is 0 Å². The molecule has 0 fully saturated rings. The Morgan fingerprint density at radius 2 is 1.79 bits per heavy atom. The monoisotopic (exact) mass is 409 g/mol. The number of anilines is 2. The Bertz CT molecular complexity index is 1110. The number of hydrogen-bond donors (Lipinski definition) is 2. The highest BCUT2D eigenvalue weighted by Crippen LogP contribution is 2.23. The van der Waals surface area contributed by atoms with Crippen molar-refractivity contribution in [2.45, 2.75) is 31.6 Å². The number of aryl methyl sites for hydroxylation is 3. The molecule has 6 nitrogen and oxygen atoms in total. The molecule has 29 heavy (non-hydrogen) atoms. The van der Waals surface area contributed by atoms with Crippen LogP contribution in [0.2, 0.25) is 0 Å². The number of nitrogens with one attached hydrogen (secondary N) is 2. The fourth-order valence-electron chi connectivity index (χ4n) is 2.90. The Morgan fingerprint density at radius 1 is 0.966 bits per heavy atom. The van der Waals surface area contributed by atoms with Crippen molar-refractivity contribution >= 4 is 27.3 Å². The van der Waals surface area contributed by atoms with Crippen LogP contribution < -0.4 is 10.0 Å². The lowest BCUT2D eigenvalue weighted by Gasteiger charge is -2.13. The van der Waals surface area contributed by atoms with Crippen LogP contribution in [-0.4, -0.2) is 19.3 Å². The number of pyridine rings is 1. The van der Waals surface area contributed by atoms with Gasteiger partial charge in [0.2, 0.25) is 5.91 Å². The van der Waals surface area contributed by atoms with Gasteiger partial charge in [0.1, 0.15) is 0 Å². The maximum atomic E-state index is 12.9. The second kappa shape index (κ2) is 8.87. The van der Waals surface area contributed by atoms with Crippen LogP contribution in [0.15, 0.2) is 71.8 Å². The van der Waals surface area contributed by atoms with Gasteiger partial charge in [-0.2, -0.15) is 0 Å². The molecule has 0 aliphatic rings. The molecule has 3 rings (SSSR count). The smallest absolute Gasteiger partial charge is 0.262 e. The van der Waals surface area contributed by atoms with E-state index in [1.165, 1.54) is 6.07 Å². The van der Waals surface area contributed by atoms with Gasteiger partial charge >= 0.3 is 0 Å². The van der Waals surface area contributed by atoms with E-state index in [1.807, 2.05) is 31.2 Å². The van der Waals surface area contributed by atoms with Crippen molar-refractivity contribution in [3.63, 3.8) is 0 Å². The lowest BCUT2D eigenvalue weighted by atomic mass is 10.2. The molecule has 1 aromatic heterocycles. The molecule has 0 saturated carbocycles. The average Bonchev–Trinajstić information content (AvgIpc) is 2.68. The highest BCUT2D eigenvalue weighted by molar-refractivity contribution is 7.92. The van der Waals surface area contributed by atoms with Crippen LogP contribution >= 0.6 is 0 Å². The number of benzene rings is 2. The molecule has 0 radical (unpaired) electrons. The van der Waals surface area contributed by atoms with Gasteiger partial charge in [-0.05, 0) is 67.8 Å². The predicted molar refractivity (Wildman–Crippen MR) is 114 cm³/mol. The first kappa shape index (κ1) is 20.5. The third kappa shape index (κ3) is 5.65. The normalized spacial score (nSPS) is 11.1. The quantitative estimate of drug-likeness (QED) is 0.616. The van der Waals surface area contributed by atoms with Crippen LogP contribution in [0.5, 0.6) is 0 Å². The molecule has 1 amide bonds. The van der Waals surface area contributed by atoms with E-state index in [9.17, 15) is 13.2 Å². The van der Waals surface area contributed by atoms with Gasteiger partial charge in [-0.15, -0.1) is 0 Å². The minimum atomic E-state index is -3.79. The molecular weight excluding hydrogens is 386 g/mol. The Labute approximate surface area is 171 Å². The molecule has 2 aromatic carbocycles. The highest BCUT2D eigenvalue weighted by Gasteiger charge is 2.18. The van der Waals surface area contributed by atoms with Gasteiger partial charge in [-0.1, -0.05) is 24.3 Å². The summed E-state index contributed by atoms with van der Waals surface area (Å²) in [6, 6.07) is 17.6. The number of sulfonamides is 1. The zero-order chi connectivity index (χ0) is 20.9. The Morgan fingerprint density at radius 3 is 2.52 bits per heavy atom. The molecule has 0 atom stereocenters. The summed E-state index contributed by atoms with van der Waals surface area (Å²) in [6.07, 6.45) is 2.46. The molecule has 0 aliphatic carbocycles. The number of carbonyl (C=O) groups is 1. The molecule has 1 heterocycles. The fraction of sp³-hybridized carbons (Fsp3) is 0.182. The Kier molecular flexibility index (Phi) is 6.29. The summed E-state index contributed by atoms with van der Waals surface area (Å²) in [5.41, 5.74) is 3.31. The van der Waals surface area contributed by atoms with E-state index in [1.54, 1.807) is 43.5 Å². The largest absolute Gasteiger partial charge is 0.326 e. The second-order valence-corrected chi connectivity index (χ2v) is 8.48. The summed E-state index contributed by atoms with van der Waals surface area (Å²) in [6.45, 7) is 3.61. The number of amides is 1. The number of aromatic nitrogens is 1. The molecule has 0 saturated heterocycles. The van der Waals surface area contributed by atoms with Crippen LogP contribution in [-0.2, 0) is 21.2 Å². The van der Waals surface area contributed by atoms with E-state index in [4.69, 9.17) is 0 Å². The van der Waals surface area contributed by atoms with E-state index in [-0.39, 0.29) is 17.2 Å². The fourth-order valence-corrected chi connectivity index (χ4v) is 4.22. The average molecular weight is 410 g/mol. The first-order valence-electron chi connectivity index (χ1n) is 9.23. The zero-order valence-corrected chi connectivity index (χ0v) is 17.2. The minimum Gasteiger partial charge on any atom is -0.326 e. The summed E-state index contributed by atoms with van der Waals surface area (Å²) >= 11 is 0. The van der Waals surface area contributed by atoms with Crippen LogP contribution in [0.3, 0.4) is 0 Å². The number of hydrogen-bond acceptors (Lipinski definition) is 4. The minimum absolute atomic E-state index is 0.126. The van der Waals surface area contributed by atoms with Crippen molar-refractivity contribution in [2.24, 2.45) is 0 Å². The van der Waals surface area contributed by atoms with Gasteiger partial charge in [-0.3, -0.25) is 14.5 Å². The predicted octanol–water partition coefficient (Wildman–Crippen LogP) is 4.07. The van der Waals surface area contributed by atoms with E-state index >= 15 is 0 Å². The number of rotatable bonds is 7. The molecule has 0 bridgehead atoms. The Hall–Kier alpha value is -3.19. The molecule has 0 unspecified atom stereocenters. The van der Waals surface area contributed by atoms with Crippen LogP contribution in [0.4, 0.5) is 11.4 Å². The second-order valence-electron chi connectivity index (χ2n) is 6.82. The van der Waals surface area contributed by atoms with Crippen LogP contribution in [0.1, 0.15) is 23.2 Å². The summed E-state index contributed by atoms with van der Waals surface area (Å²) in [7, 11) is -3.79. The lowest BCUT2D eigenvalue weighted by molar-refractivity contribution is -0.116. The molecule has 2 N–H and O–H groups in total. The van der Waals surface area contributed by atoms with Gasteiger partial charge in [0.25, 0.3) is 10.0 Å². The van der Waals surface area contributed by atoms with Gasteiger partial charge in [-0.25, -0.2) is 8.42 Å². The summed E-state index contributed by atoms with van der Waals surface area (Å²) in [5, 5.41) is 2.77. The molecule has 0 spiro atoms. The third-order valence-electron chi connectivity index (χ3n) is 4.37. The van der Waals surface area contributed by atoms with Crippen LogP contribution in [0.25, 0.3) is 0 Å². The van der Waals surface area contributed by atoms with E-state index in [0.717, 1.165) is 11.3 Å². The summed E-state index contributed by atoms with van der Waals surface area (Å²) in [4.78, 5) is 16.6.